The third kappa shape index (κ3) is 4.21. The summed E-state index contributed by atoms with van der Waals surface area (Å²) < 4.78 is 5.38. The molecule has 0 unspecified atom stereocenters. The van der Waals surface area contributed by atoms with Gasteiger partial charge in [0, 0.05) is 12.0 Å². The number of esters is 1. The summed E-state index contributed by atoms with van der Waals surface area (Å²) in [6.07, 6.45) is 3.14. The molecule has 120 valence electrons. The average Bonchev–Trinajstić information content (AvgIpc) is 2.62. The predicted octanol–water partition coefficient (Wildman–Crippen LogP) is 4.58. The van der Waals surface area contributed by atoms with Crippen LogP contribution in [0.4, 0.5) is 0 Å². The maximum Gasteiger partial charge on any atom is 0.311 e. The summed E-state index contributed by atoms with van der Waals surface area (Å²) in [5.74, 6) is -0.0437. The van der Waals surface area contributed by atoms with Gasteiger partial charge in [-0.15, -0.1) is 0 Å². The number of nitrogens with zero attached hydrogens (tertiary/aromatic N) is 2. The highest BCUT2D eigenvalue weighted by Crippen LogP contribution is 2.30. The van der Waals surface area contributed by atoms with Gasteiger partial charge in [-0.3, -0.25) is 4.79 Å². The molecule has 0 saturated heterocycles. The molecule has 0 aliphatic carbocycles. The number of rotatable bonds is 6. The van der Waals surface area contributed by atoms with Gasteiger partial charge in [-0.25, -0.2) is 0 Å². The Morgan fingerprint density at radius 3 is 2.42 bits per heavy atom. The second-order valence-corrected chi connectivity index (χ2v) is 5.41. The van der Waals surface area contributed by atoms with Crippen molar-refractivity contribution in [2.75, 3.05) is 0 Å². The first kappa shape index (κ1) is 17.2. The topological polar surface area (TPSA) is 73.9 Å². The van der Waals surface area contributed by atoms with Crippen molar-refractivity contribution in [2.24, 2.45) is 0 Å². The number of ether oxygens (including phenoxy) is 1. The van der Waals surface area contributed by atoms with Crippen LogP contribution in [0.5, 0.6) is 5.75 Å². The molecule has 0 radical (unpaired) electrons. The summed E-state index contributed by atoms with van der Waals surface area (Å²) in [4.78, 5) is 11.9. The number of carbonyl (C=O) groups excluding carboxylic acids is 1. The van der Waals surface area contributed by atoms with E-state index in [2.05, 4.69) is 19.1 Å². The van der Waals surface area contributed by atoms with E-state index in [1.54, 1.807) is 42.5 Å². The number of hydrogen-bond donors (Lipinski definition) is 0. The molecule has 0 fully saturated rings. The Labute approximate surface area is 141 Å². The summed E-state index contributed by atoms with van der Waals surface area (Å²) >= 11 is 0. The average molecular weight is 318 g/mol. The van der Waals surface area contributed by atoms with E-state index in [9.17, 15) is 10.1 Å². The van der Waals surface area contributed by atoms with Crippen LogP contribution in [0.1, 0.15) is 43.7 Å². The minimum Gasteiger partial charge on any atom is -0.425 e. The van der Waals surface area contributed by atoms with E-state index in [4.69, 9.17) is 10.00 Å². The number of hydrogen-bond acceptors (Lipinski definition) is 4. The summed E-state index contributed by atoms with van der Waals surface area (Å²) in [5, 5.41) is 18.4. The zero-order chi connectivity index (χ0) is 17.4. The van der Waals surface area contributed by atoms with Crippen molar-refractivity contribution in [3.05, 3.63) is 53.6 Å². The van der Waals surface area contributed by atoms with Crippen LogP contribution in [0.15, 0.2) is 42.5 Å². The predicted molar refractivity (Wildman–Crippen MR) is 91.1 cm³/mol. The van der Waals surface area contributed by atoms with Crippen LogP contribution in [-0.4, -0.2) is 5.97 Å². The van der Waals surface area contributed by atoms with Crippen LogP contribution in [0.3, 0.4) is 0 Å². The Morgan fingerprint density at radius 1 is 1.04 bits per heavy atom. The number of benzene rings is 2. The summed E-state index contributed by atoms with van der Waals surface area (Å²) in [5.41, 5.74) is 2.36. The summed E-state index contributed by atoms with van der Waals surface area (Å²) in [6.45, 7) is 2.07. The quantitative estimate of drug-likeness (QED) is 0.444. The number of carbonyl (C=O) groups is 1. The van der Waals surface area contributed by atoms with E-state index in [0.717, 1.165) is 24.8 Å². The SMILES string of the molecule is CCCCCC(=O)Oc1cccc(-c2ccc(C#N)cc2)c1C#N. The minimum absolute atomic E-state index is 0.279. The normalized spacial score (nSPS) is 9.79. The highest BCUT2D eigenvalue weighted by atomic mass is 16.5. The van der Waals surface area contributed by atoms with Gasteiger partial charge in [0.1, 0.15) is 17.4 Å². The smallest absolute Gasteiger partial charge is 0.311 e. The lowest BCUT2D eigenvalue weighted by Crippen LogP contribution is -2.08. The largest absolute Gasteiger partial charge is 0.425 e. The third-order valence-corrected chi connectivity index (χ3v) is 3.67. The Bertz CT molecular complexity index is 796. The molecular weight excluding hydrogens is 300 g/mol. The fourth-order valence-electron chi connectivity index (χ4n) is 2.39. The molecule has 0 amide bonds. The van der Waals surface area contributed by atoms with Crippen molar-refractivity contribution in [3.8, 4) is 29.0 Å². The molecule has 2 aromatic carbocycles. The van der Waals surface area contributed by atoms with Crippen LogP contribution in [-0.2, 0) is 4.79 Å². The van der Waals surface area contributed by atoms with Crippen molar-refractivity contribution in [2.45, 2.75) is 32.6 Å². The third-order valence-electron chi connectivity index (χ3n) is 3.67. The molecule has 0 spiro atoms. The van der Waals surface area contributed by atoms with Crippen LogP contribution >= 0.6 is 0 Å². The van der Waals surface area contributed by atoms with Gasteiger partial charge in [0.25, 0.3) is 0 Å². The standard InChI is InChI=1S/C20H18N2O2/c1-2-3-4-8-20(23)24-19-7-5-6-17(18(19)14-22)16-11-9-15(13-21)10-12-16/h5-7,9-12H,2-4,8H2,1H3. The van der Waals surface area contributed by atoms with E-state index in [0.29, 0.717) is 23.1 Å². The van der Waals surface area contributed by atoms with Crippen LogP contribution < -0.4 is 4.74 Å². The van der Waals surface area contributed by atoms with E-state index in [-0.39, 0.29) is 11.7 Å². The molecule has 0 aliphatic rings. The summed E-state index contributed by atoms with van der Waals surface area (Å²) in [6, 6.07) is 16.3. The van der Waals surface area contributed by atoms with E-state index < -0.39 is 0 Å². The van der Waals surface area contributed by atoms with Gasteiger partial charge in [0.2, 0.25) is 0 Å². The van der Waals surface area contributed by atoms with Gasteiger partial charge in [-0.1, -0.05) is 44.0 Å². The molecule has 4 heteroatoms. The van der Waals surface area contributed by atoms with E-state index in [1.165, 1.54) is 0 Å². The zero-order valence-electron chi connectivity index (χ0n) is 13.6. The molecule has 0 saturated carbocycles. The Kier molecular flexibility index (Phi) is 6.11. The van der Waals surface area contributed by atoms with Crippen molar-refractivity contribution >= 4 is 5.97 Å². The fraction of sp³-hybridized carbons (Fsp3) is 0.250. The molecular formula is C20H18N2O2. The Morgan fingerprint density at radius 2 is 1.79 bits per heavy atom. The second kappa shape index (κ2) is 8.50. The van der Waals surface area contributed by atoms with Crippen LogP contribution in [0, 0.1) is 22.7 Å². The maximum atomic E-state index is 11.9. The van der Waals surface area contributed by atoms with Crippen molar-refractivity contribution in [1.82, 2.24) is 0 Å². The molecule has 0 aliphatic heterocycles. The molecule has 0 bridgehead atoms. The first-order valence-corrected chi connectivity index (χ1v) is 7.94. The molecule has 0 atom stereocenters. The molecule has 2 rings (SSSR count). The van der Waals surface area contributed by atoms with Crippen molar-refractivity contribution in [3.63, 3.8) is 0 Å². The fourth-order valence-corrected chi connectivity index (χ4v) is 2.39. The Balaban J connectivity index is 2.27. The van der Waals surface area contributed by atoms with E-state index in [1.807, 2.05) is 0 Å². The lowest BCUT2D eigenvalue weighted by atomic mass is 9.98. The molecule has 24 heavy (non-hydrogen) atoms. The van der Waals surface area contributed by atoms with Gasteiger partial charge < -0.3 is 4.74 Å². The van der Waals surface area contributed by atoms with Crippen molar-refractivity contribution in [1.29, 1.82) is 10.5 Å². The van der Waals surface area contributed by atoms with Gasteiger partial charge in [-0.2, -0.15) is 10.5 Å². The number of unbranched alkanes of at least 4 members (excludes halogenated alkanes) is 2. The van der Waals surface area contributed by atoms with Gasteiger partial charge in [0.15, 0.2) is 0 Å². The minimum atomic E-state index is -0.322. The Hall–Kier alpha value is -3.11. The van der Waals surface area contributed by atoms with Gasteiger partial charge >= 0.3 is 5.97 Å². The van der Waals surface area contributed by atoms with Gasteiger partial charge in [0.05, 0.1) is 11.6 Å². The first-order chi connectivity index (χ1) is 11.7. The molecule has 0 aromatic heterocycles. The second-order valence-electron chi connectivity index (χ2n) is 5.41. The van der Waals surface area contributed by atoms with Crippen LogP contribution in [0.2, 0.25) is 0 Å². The first-order valence-electron chi connectivity index (χ1n) is 7.94. The zero-order valence-corrected chi connectivity index (χ0v) is 13.6. The highest BCUT2D eigenvalue weighted by Gasteiger charge is 2.14. The molecule has 4 nitrogen and oxygen atoms in total. The van der Waals surface area contributed by atoms with E-state index >= 15 is 0 Å². The lowest BCUT2D eigenvalue weighted by Gasteiger charge is -2.10. The number of nitriles is 2. The van der Waals surface area contributed by atoms with Crippen molar-refractivity contribution < 1.29 is 9.53 Å². The maximum absolute atomic E-state index is 11.9. The van der Waals surface area contributed by atoms with Gasteiger partial charge in [-0.05, 0) is 30.2 Å². The molecule has 2 aromatic rings. The molecule has 0 heterocycles. The highest BCUT2D eigenvalue weighted by molar-refractivity contribution is 5.78. The monoisotopic (exact) mass is 318 g/mol. The lowest BCUT2D eigenvalue weighted by molar-refractivity contribution is -0.134. The van der Waals surface area contributed by atoms with Crippen LogP contribution in [0.25, 0.3) is 11.1 Å². The molecule has 0 N–H and O–H groups in total. The summed E-state index contributed by atoms with van der Waals surface area (Å²) in [7, 11) is 0.